The highest BCUT2D eigenvalue weighted by molar-refractivity contribution is 6.30. The Morgan fingerprint density at radius 1 is 1.35 bits per heavy atom. The minimum Gasteiger partial charge on any atom is -0.484 e. The number of benzene rings is 1. The van der Waals surface area contributed by atoms with Crippen molar-refractivity contribution >= 4 is 23.4 Å². The molecule has 3 rings (SSSR count). The Balaban J connectivity index is 1.36. The van der Waals surface area contributed by atoms with Crippen LogP contribution in [0.5, 0.6) is 5.75 Å². The Bertz CT molecular complexity index is 833. The predicted molar refractivity (Wildman–Crippen MR) is 115 cm³/mol. The van der Waals surface area contributed by atoms with Crippen LogP contribution in [0.4, 0.5) is 4.39 Å². The molecular formula is C22H29ClFN3O4. The van der Waals surface area contributed by atoms with Crippen molar-refractivity contribution in [3.63, 3.8) is 0 Å². The Morgan fingerprint density at radius 2 is 2.10 bits per heavy atom. The van der Waals surface area contributed by atoms with Crippen molar-refractivity contribution in [2.45, 2.75) is 57.7 Å². The Hall–Kier alpha value is -2.16. The predicted octanol–water partition coefficient (Wildman–Crippen LogP) is 3.19. The first kappa shape index (κ1) is 23.5. The van der Waals surface area contributed by atoms with Crippen LogP contribution in [-0.2, 0) is 14.4 Å². The number of ether oxygens (including phenoxy) is 1. The van der Waals surface area contributed by atoms with E-state index < -0.39 is 11.7 Å². The van der Waals surface area contributed by atoms with E-state index in [9.17, 15) is 14.0 Å². The molecule has 1 saturated heterocycles. The maximum atomic E-state index is 13.4. The number of nitrogens with one attached hydrogen (secondary N) is 2. The minimum absolute atomic E-state index is 0.0101. The van der Waals surface area contributed by atoms with Gasteiger partial charge in [0.15, 0.2) is 6.61 Å². The van der Waals surface area contributed by atoms with Gasteiger partial charge in [0.25, 0.3) is 5.91 Å². The molecule has 1 aromatic carbocycles. The van der Waals surface area contributed by atoms with Crippen molar-refractivity contribution in [1.29, 1.82) is 0 Å². The molecule has 0 bridgehead atoms. The van der Waals surface area contributed by atoms with Crippen molar-refractivity contribution in [1.82, 2.24) is 15.7 Å². The summed E-state index contributed by atoms with van der Waals surface area (Å²) in [6.45, 7) is 7.90. The van der Waals surface area contributed by atoms with Crippen molar-refractivity contribution in [2.75, 3.05) is 13.2 Å². The van der Waals surface area contributed by atoms with Crippen LogP contribution in [0.2, 0.25) is 5.02 Å². The van der Waals surface area contributed by atoms with Gasteiger partial charge in [-0.05, 0) is 45.2 Å². The summed E-state index contributed by atoms with van der Waals surface area (Å²) in [4.78, 5) is 30.6. The fourth-order valence-electron chi connectivity index (χ4n) is 3.63. The highest BCUT2D eigenvalue weighted by Crippen LogP contribution is 2.36. The first-order valence-corrected chi connectivity index (χ1v) is 10.9. The van der Waals surface area contributed by atoms with E-state index in [4.69, 9.17) is 21.2 Å². The number of nitrogens with zero attached hydrogens (tertiary/aromatic N) is 1. The Labute approximate surface area is 186 Å². The molecule has 2 amide bonds. The highest BCUT2D eigenvalue weighted by atomic mass is 35.5. The molecule has 0 aromatic heterocycles. The Morgan fingerprint density at radius 3 is 2.77 bits per heavy atom. The monoisotopic (exact) mass is 453 g/mol. The summed E-state index contributed by atoms with van der Waals surface area (Å²) in [7, 11) is 0. The number of carbonyl (C=O) groups is 2. The van der Waals surface area contributed by atoms with E-state index in [0.29, 0.717) is 31.1 Å². The van der Waals surface area contributed by atoms with Crippen LogP contribution in [0.25, 0.3) is 0 Å². The van der Waals surface area contributed by atoms with Crippen molar-refractivity contribution < 1.29 is 23.6 Å². The first-order valence-electron chi connectivity index (χ1n) is 10.5. The van der Waals surface area contributed by atoms with Crippen LogP contribution < -0.4 is 15.4 Å². The summed E-state index contributed by atoms with van der Waals surface area (Å²) < 4.78 is 18.6. The fourth-order valence-corrected chi connectivity index (χ4v) is 3.75. The second kappa shape index (κ2) is 10.4. The molecular weight excluding hydrogens is 425 g/mol. The lowest BCUT2D eigenvalue weighted by Gasteiger charge is -2.41. The van der Waals surface area contributed by atoms with E-state index in [0.717, 1.165) is 18.9 Å². The van der Waals surface area contributed by atoms with Crippen LogP contribution in [0.3, 0.4) is 0 Å². The van der Waals surface area contributed by atoms with Gasteiger partial charge in [-0.2, -0.15) is 5.06 Å². The van der Waals surface area contributed by atoms with Crippen LogP contribution in [0, 0.1) is 11.7 Å². The van der Waals surface area contributed by atoms with Gasteiger partial charge in [0.05, 0.1) is 17.0 Å². The second-order valence-corrected chi connectivity index (χ2v) is 8.55. The van der Waals surface area contributed by atoms with Gasteiger partial charge in [-0.25, -0.2) is 4.39 Å². The molecule has 170 valence electrons. The highest BCUT2D eigenvalue weighted by Gasteiger charge is 2.43. The van der Waals surface area contributed by atoms with Crippen LogP contribution >= 0.6 is 11.6 Å². The molecule has 9 heteroatoms. The lowest BCUT2D eigenvalue weighted by Crippen LogP contribution is -2.52. The van der Waals surface area contributed by atoms with E-state index >= 15 is 0 Å². The molecule has 1 aliphatic carbocycles. The zero-order valence-electron chi connectivity index (χ0n) is 17.8. The molecule has 1 aromatic rings. The van der Waals surface area contributed by atoms with E-state index in [1.165, 1.54) is 12.1 Å². The van der Waals surface area contributed by atoms with E-state index in [1.54, 1.807) is 0 Å². The molecule has 2 fully saturated rings. The zero-order chi connectivity index (χ0) is 22.5. The molecule has 3 unspecified atom stereocenters. The zero-order valence-corrected chi connectivity index (χ0v) is 18.6. The van der Waals surface area contributed by atoms with Crippen molar-refractivity contribution in [3.05, 3.63) is 41.3 Å². The number of amides is 2. The number of hydroxylamine groups is 2. The van der Waals surface area contributed by atoms with Crippen molar-refractivity contribution in [3.8, 4) is 5.75 Å². The minimum atomic E-state index is -0.617. The molecule has 0 spiro atoms. The lowest BCUT2D eigenvalue weighted by molar-refractivity contribution is -0.259. The number of halogens is 2. The largest absolute Gasteiger partial charge is 0.484 e. The Kier molecular flexibility index (Phi) is 7.91. The van der Waals surface area contributed by atoms with Crippen LogP contribution in [-0.4, -0.2) is 48.2 Å². The topological polar surface area (TPSA) is 79.9 Å². The summed E-state index contributed by atoms with van der Waals surface area (Å²) in [6, 6.07) is 4.40. The molecule has 31 heavy (non-hydrogen) atoms. The van der Waals surface area contributed by atoms with E-state index in [2.05, 4.69) is 17.2 Å². The smallest absolute Gasteiger partial charge is 0.262 e. The van der Waals surface area contributed by atoms with E-state index in [-0.39, 0.29) is 41.3 Å². The SMILES string of the molecule is C=C(CCNC(=O)C1CC(C)ON(C2CC2)C1C)NC(=O)COc1ccc(Cl)c(F)c1. The van der Waals surface area contributed by atoms with Gasteiger partial charge in [-0.1, -0.05) is 18.2 Å². The van der Waals surface area contributed by atoms with Crippen LogP contribution in [0.15, 0.2) is 30.5 Å². The normalized spacial score (nSPS) is 23.8. The number of rotatable bonds is 9. The molecule has 1 saturated carbocycles. The molecule has 0 radical (unpaired) electrons. The van der Waals surface area contributed by atoms with Gasteiger partial charge in [0.1, 0.15) is 11.6 Å². The van der Waals surface area contributed by atoms with Gasteiger partial charge in [0, 0.05) is 36.8 Å². The summed E-state index contributed by atoms with van der Waals surface area (Å²) in [5.41, 5.74) is 0.462. The fraction of sp³-hybridized carbons (Fsp3) is 0.545. The average molecular weight is 454 g/mol. The second-order valence-electron chi connectivity index (χ2n) is 8.15. The van der Waals surface area contributed by atoms with Gasteiger partial charge in [0.2, 0.25) is 5.91 Å². The number of hydrogen-bond donors (Lipinski definition) is 2. The quantitative estimate of drug-likeness (QED) is 0.600. The third kappa shape index (κ3) is 6.66. The maximum Gasteiger partial charge on any atom is 0.262 e. The summed E-state index contributed by atoms with van der Waals surface area (Å²) in [5, 5.41) is 7.53. The van der Waals surface area contributed by atoms with Crippen molar-refractivity contribution in [2.24, 2.45) is 5.92 Å². The van der Waals surface area contributed by atoms with Gasteiger partial charge < -0.3 is 15.4 Å². The summed E-state index contributed by atoms with van der Waals surface area (Å²) in [5.74, 6) is -0.984. The standard InChI is InChI=1S/C22H29ClFN3O4/c1-13(26-21(28)12-30-17-6-7-19(23)20(24)11-17)8-9-25-22(29)18-10-14(2)31-27(15(18)3)16-4-5-16/h6-7,11,14-16,18H,1,4-5,8-10,12H2,2-3H3,(H,25,29)(H,26,28). The average Bonchev–Trinajstić information content (AvgIpc) is 3.55. The molecule has 1 heterocycles. The third-order valence-corrected chi connectivity index (χ3v) is 5.72. The summed E-state index contributed by atoms with van der Waals surface area (Å²) in [6.07, 6.45) is 3.31. The lowest BCUT2D eigenvalue weighted by atomic mass is 9.92. The van der Waals surface area contributed by atoms with Crippen LogP contribution in [0.1, 0.15) is 39.5 Å². The third-order valence-electron chi connectivity index (χ3n) is 5.42. The van der Waals surface area contributed by atoms with E-state index in [1.807, 2.05) is 18.9 Å². The molecule has 1 aliphatic heterocycles. The number of hydrogen-bond acceptors (Lipinski definition) is 5. The molecule has 2 aliphatic rings. The molecule has 7 nitrogen and oxygen atoms in total. The summed E-state index contributed by atoms with van der Waals surface area (Å²) >= 11 is 5.61. The molecule has 2 N–H and O–H groups in total. The first-order chi connectivity index (χ1) is 14.7. The number of carbonyl (C=O) groups excluding carboxylic acids is 2. The molecule has 3 atom stereocenters. The maximum absolute atomic E-state index is 13.4. The van der Waals surface area contributed by atoms with Gasteiger partial charge >= 0.3 is 0 Å². The van der Waals surface area contributed by atoms with Gasteiger partial charge in [-0.3, -0.25) is 14.4 Å². The van der Waals surface area contributed by atoms with Gasteiger partial charge in [-0.15, -0.1) is 0 Å².